The Kier molecular flexibility index (Phi) is 4.54. The lowest BCUT2D eigenvalue weighted by molar-refractivity contribution is -0.165. The van der Waals surface area contributed by atoms with Gasteiger partial charge in [-0.05, 0) is 25.8 Å². The molecule has 0 spiro atoms. The minimum Gasteiger partial charge on any atom is -0.433 e. The summed E-state index contributed by atoms with van der Waals surface area (Å²) >= 11 is 0. The Bertz CT molecular complexity index is 315. The predicted octanol–water partition coefficient (Wildman–Crippen LogP) is -0.0772. The molecule has 0 aromatic rings. The Morgan fingerprint density at radius 2 is 2.44 bits per heavy atom. The lowest BCUT2D eigenvalue weighted by atomic mass is 10.2. The summed E-state index contributed by atoms with van der Waals surface area (Å²) in [5.41, 5.74) is 0. The van der Waals surface area contributed by atoms with Gasteiger partial charge in [0.25, 0.3) is 0 Å². The second-order valence-electron chi connectivity index (χ2n) is 4.70. The maximum absolute atomic E-state index is 11.9. The average Bonchev–Trinajstić information content (AvgIpc) is 2.96. The van der Waals surface area contributed by atoms with Gasteiger partial charge in [0.05, 0.1) is 19.1 Å². The number of hydrogen-bond acceptors (Lipinski definition) is 5. The number of hydrogen-bond donors (Lipinski definition) is 2. The van der Waals surface area contributed by atoms with Gasteiger partial charge in [-0.2, -0.15) is 0 Å². The second-order valence-corrected chi connectivity index (χ2v) is 4.70. The standard InChI is InChI=1S/C12H20N2O4/c1-2-6-17-12-9(7-10(15)18-12)14-11(16)8-4-3-5-13-8/h8-9,12-13H,2-7H2,1H3,(H,14,16)/t8-,9-,12-/m0/s1. The normalized spacial score (nSPS) is 31.4. The molecule has 1 amide bonds. The lowest BCUT2D eigenvalue weighted by Gasteiger charge is -2.20. The van der Waals surface area contributed by atoms with Gasteiger partial charge >= 0.3 is 5.97 Å². The van der Waals surface area contributed by atoms with Gasteiger partial charge in [0.15, 0.2) is 0 Å². The van der Waals surface area contributed by atoms with Gasteiger partial charge in [-0.1, -0.05) is 6.92 Å². The molecule has 0 aromatic carbocycles. The smallest absolute Gasteiger partial charge is 0.310 e. The van der Waals surface area contributed by atoms with Gasteiger partial charge in [0.1, 0.15) is 6.04 Å². The highest BCUT2D eigenvalue weighted by Crippen LogP contribution is 2.17. The summed E-state index contributed by atoms with van der Waals surface area (Å²) in [4.78, 5) is 23.2. The van der Waals surface area contributed by atoms with E-state index in [4.69, 9.17) is 9.47 Å². The van der Waals surface area contributed by atoms with Crippen molar-refractivity contribution in [2.24, 2.45) is 0 Å². The van der Waals surface area contributed by atoms with Crippen LogP contribution in [0.2, 0.25) is 0 Å². The number of carbonyl (C=O) groups excluding carboxylic acids is 2. The molecule has 2 N–H and O–H groups in total. The molecule has 0 aliphatic carbocycles. The van der Waals surface area contributed by atoms with Crippen LogP contribution in [0.25, 0.3) is 0 Å². The maximum atomic E-state index is 11.9. The summed E-state index contributed by atoms with van der Waals surface area (Å²) in [6.45, 7) is 3.37. The Hall–Kier alpha value is -1.14. The Morgan fingerprint density at radius 3 is 3.11 bits per heavy atom. The molecule has 0 bridgehead atoms. The number of cyclic esters (lactones) is 1. The van der Waals surface area contributed by atoms with E-state index in [1.54, 1.807) is 0 Å². The van der Waals surface area contributed by atoms with E-state index in [1.807, 2.05) is 6.92 Å². The second kappa shape index (κ2) is 6.15. The van der Waals surface area contributed by atoms with E-state index in [0.717, 1.165) is 25.8 Å². The molecule has 6 nitrogen and oxygen atoms in total. The van der Waals surface area contributed by atoms with E-state index in [0.29, 0.717) is 6.61 Å². The molecule has 0 radical (unpaired) electrons. The van der Waals surface area contributed by atoms with Gasteiger partial charge in [-0.15, -0.1) is 0 Å². The lowest BCUT2D eigenvalue weighted by Crippen LogP contribution is -2.48. The van der Waals surface area contributed by atoms with Gasteiger partial charge in [0.2, 0.25) is 12.2 Å². The molecule has 18 heavy (non-hydrogen) atoms. The van der Waals surface area contributed by atoms with Gasteiger partial charge in [-0.25, -0.2) is 0 Å². The van der Waals surface area contributed by atoms with E-state index in [-0.39, 0.29) is 30.4 Å². The molecule has 2 saturated heterocycles. The SMILES string of the molecule is CCCO[C@H]1OC(=O)C[C@@H]1NC(=O)[C@@H]1CCCN1. The molecule has 2 rings (SSSR count). The number of nitrogens with one attached hydrogen (secondary N) is 2. The first kappa shape index (κ1) is 13.3. The fraction of sp³-hybridized carbons (Fsp3) is 0.833. The zero-order valence-electron chi connectivity index (χ0n) is 10.6. The highest BCUT2D eigenvalue weighted by Gasteiger charge is 2.37. The van der Waals surface area contributed by atoms with Gasteiger partial charge in [-0.3, -0.25) is 9.59 Å². The van der Waals surface area contributed by atoms with Crippen molar-refractivity contribution in [1.82, 2.24) is 10.6 Å². The third-order valence-electron chi connectivity index (χ3n) is 3.15. The summed E-state index contributed by atoms with van der Waals surface area (Å²) in [7, 11) is 0. The minimum absolute atomic E-state index is 0.0686. The van der Waals surface area contributed by atoms with Crippen molar-refractivity contribution in [3.8, 4) is 0 Å². The van der Waals surface area contributed by atoms with Crippen molar-refractivity contribution in [3.05, 3.63) is 0 Å². The van der Waals surface area contributed by atoms with Crippen LogP contribution < -0.4 is 10.6 Å². The van der Waals surface area contributed by atoms with Crippen LogP contribution in [0.15, 0.2) is 0 Å². The highest BCUT2D eigenvalue weighted by atomic mass is 16.7. The van der Waals surface area contributed by atoms with Crippen LogP contribution in [-0.2, 0) is 19.1 Å². The molecule has 2 heterocycles. The van der Waals surface area contributed by atoms with E-state index >= 15 is 0 Å². The first-order chi connectivity index (χ1) is 8.70. The van der Waals surface area contributed by atoms with Gasteiger partial charge < -0.3 is 20.1 Å². The number of esters is 1. The molecule has 2 fully saturated rings. The molecule has 2 aliphatic heterocycles. The minimum atomic E-state index is -0.636. The van der Waals surface area contributed by atoms with Crippen LogP contribution in [-0.4, -0.2) is 43.4 Å². The summed E-state index contributed by atoms with van der Waals surface area (Å²) in [6, 6.07) is -0.508. The monoisotopic (exact) mass is 256 g/mol. The van der Waals surface area contributed by atoms with Crippen LogP contribution in [0.1, 0.15) is 32.6 Å². The molecule has 0 unspecified atom stereocenters. The zero-order chi connectivity index (χ0) is 13.0. The molecular weight excluding hydrogens is 236 g/mol. The van der Waals surface area contributed by atoms with Crippen molar-refractivity contribution in [2.45, 2.75) is 51.0 Å². The van der Waals surface area contributed by atoms with Crippen LogP contribution in [0.5, 0.6) is 0 Å². The third-order valence-corrected chi connectivity index (χ3v) is 3.15. The van der Waals surface area contributed by atoms with Crippen LogP contribution in [0.4, 0.5) is 0 Å². The zero-order valence-corrected chi connectivity index (χ0v) is 10.6. The largest absolute Gasteiger partial charge is 0.433 e. The number of carbonyl (C=O) groups is 2. The summed E-state index contributed by atoms with van der Waals surface area (Å²) in [5, 5.41) is 5.96. The molecule has 3 atom stereocenters. The number of rotatable bonds is 5. The van der Waals surface area contributed by atoms with Gasteiger partial charge in [0, 0.05) is 0 Å². The molecule has 102 valence electrons. The van der Waals surface area contributed by atoms with Crippen molar-refractivity contribution in [1.29, 1.82) is 0 Å². The van der Waals surface area contributed by atoms with Crippen LogP contribution >= 0.6 is 0 Å². The fourth-order valence-electron chi connectivity index (χ4n) is 2.23. The Labute approximate surface area is 106 Å². The molecule has 6 heteroatoms. The van der Waals surface area contributed by atoms with Crippen molar-refractivity contribution >= 4 is 11.9 Å². The van der Waals surface area contributed by atoms with Crippen LogP contribution in [0, 0.1) is 0 Å². The first-order valence-corrected chi connectivity index (χ1v) is 6.55. The Morgan fingerprint density at radius 1 is 1.61 bits per heavy atom. The fourth-order valence-corrected chi connectivity index (χ4v) is 2.23. The highest BCUT2D eigenvalue weighted by molar-refractivity contribution is 5.83. The summed E-state index contributed by atoms with van der Waals surface area (Å²) < 4.78 is 10.5. The van der Waals surface area contributed by atoms with E-state index in [2.05, 4.69) is 10.6 Å². The van der Waals surface area contributed by atoms with Crippen molar-refractivity contribution in [2.75, 3.05) is 13.2 Å². The molecular formula is C12H20N2O4. The molecule has 2 aliphatic rings. The molecule has 0 aromatic heterocycles. The summed E-state index contributed by atoms with van der Waals surface area (Å²) in [6.07, 6.45) is 2.25. The Balaban J connectivity index is 1.85. The van der Waals surface area contributed by atoms with Crippen molar-refractivity contribution in [3.63, 3.8) is 0 Å². The van der Waals surface area contributed by atoms with E-state index in [1.165, 1.54) is 0 Å². The average molecular weight is 256 g/mol. The first-order valence-electron chi connectivity index (χ1n) is 6.55. The predicted molar refractivity (Wildman–Crippen MR) is 63.7 cm³/mol. The third kappa shape index (κ3) is 3.20. The summed E-state index contributed by atoms with van der Waals surface area (Å²) in [5.74, 6) is -0.387. The molecule has 0 saturated carbocycles. The van der Waals surface area contributed by atoms with Crippen molar-refractivity contribution < 1.29 is 19.1 Å². The number of amides is 1. The quantitative estimate of drug-likeness (QED) is 0.673. The van der Waals surface area contributed by atoms with Crippen LogP contribution in [0.3, 0.4) is 0 Å². The van der Waals surface area contributed by atoms with E-state index in [9.17, 15) is 9.59 Å². The topological polar surface area (TPSA) is 76.7 Å². The van der Waals surface area contributed by atoms with E-state index < -0.39 is 6.29 Å². The maximum Gasteiger partial charge on any atom is 0.310 e. The number of ether oxygens (including phenoxy) is 2.